The number of ether oxygens (including phenoxy) is 1. The third-order valence-electron chi connectivity index (χ3n) is 4.54. The number of nitrogens with zero attached hydrogens (tertiary/aromatic N) is 1. The Balaban J connectivity index is 1.60. The summed E-state index contributed by atoms with van der Waals surface area (Å²) in [6.45, 7) is 5.36. The van der Waals surface area contributed by atoms with Crippen LogP contribution in [0.3, 0.4) is 0 Å². The third kappa shape index (κ3) is 5.39. The van der Waals surface area contributed by atoms with Crippen molar-refractivity contribution >= 4 is 17.2 Å². The number of nitrogens with one attached hydrogen (secondary N) is 1. The van der Waals surface area contributed by atoms with Crippen molar-refractivity contribution in [3.8, 4) is 0 Å². The number of hydrogen-bond acceptors (Lipinski definition) is 4. The van der Waals surface area contributed by atoms with Gasteiger partial charge in [0.05, 0.1) is 19.2 Å². The Labute approximate surface area is 153 Å². The van der Waals surface area contributed by atoms with Crippen LogP contribution in [0.5, 0.6) is 0 Å². The summed E-state index contributed by atoms with van der Waals surface area (Å²) in [7, 11) is 0. The fourth-order valence-corrected chi connectivity index (χ4v) is 3.95. The van der Waals surface area contributed by atoms with Crippen molar-refractivity contribution in [1.82, 2.24) is 10.2 Å². The van der Waals surface area contributed by atoms with Gasteiger partial charge in [-0.1, -0.05) is 30.3 Å². The van der Waals surface area contributed by atoms with Gasteiger partial charge in [0.25, 0.3) is 0 Å². The van der Waals surface area contributed by atoms with E-state index in [4.69, 9.17) is 4.74 Å². The lowest BCUT2D eigenvalue weighted by Crippen LogP contribution is -2.39. The maximum absolute atomic E-state index is 12.8. The summed E-state index contributed by atoms with van der Waals surface area (Å²) in [6, 6.07) is 12.3. The van der Waals surface area contributed by atoms with Crippen molar-refractivity contribution in [2.24, 2.45) is 0 Å². The van der Waals surface area contributed by atoms with E-state index in [0.717, 1.165) is 31.6 Å². The number of carbonyl (C=O) groups excluding carboxylic acids is 1. The van der Waals surface area contributed by atoms with E-state index in [2.05, 4.69) is 35.8 Å². The van der Waals surface area contributed by atoms with Gasteiger partial charge in [0.1, 0.15) is 0 Å². The monoisotopic (exact) mass is 358 g/mol. The van der Waals surface area contributed by atoms with Crippen LogP contribution in [-0.2, 0) is 22.6 Å². The lowest BCUT2D eigenvalue weighted by molar-refractivity contribution is -0.131. The average Bonchev–Trinajstić information content (AvgIpc) is 3.27. The minimum absolute atomic E-state index is 0.134. The van der Waals surface area contributed by atoms with E-state index < -0.39 is 0 Å². The first-order valence-corrected chi connectivity index (χ1v) is 9.77. The topological polar surface area (TPSA) is 41.6 Å². The summed E-state index contributed by atoms with van der Waals surface area (Å²) in [5.74, 6) is 0.134. The van der Waals surface area contributed by atoms with Crippen LogP contribution < -0.4 is 5.32 Å². The number of hydrogen-bond donors (Lipinski definition) is 1. The van der Waals surface area contributed by atoms with E-state index in [1.54, 1.807) is 11.3 Å². The first-order chi connectivity index (χ1) is 12.2. The smallest absolute Gasteiger partial charge is 0.237 e. The van der Waals surface area contributed by atoms with Crippen molar-refractivity contribution in [3.05, 3.63) is 57.8 Å². The molecule has 1 fully saturated rings. The van der Waals surface area contributed by atoms with E-state index in [-0.39, 0.29) is 12.0 Å². The predicted octanol–water partition coefficient (Wildman–Crippen LogP) is 3.35. The molecule has 3 rings (SSSR count). The van der Waals surface area contributed by atoms with E-state index in [1.165, 1.54) is 10.4 Å². The lowest BCUT2D eigenvalue weighted by atomic mass is 10.2. The van der Waals surface area contributed by atoms with Crippen molar-refractivity contribution in [1.29, 1.82) is 0 Å². The van der Waals surface area contributed by atoms with Crippen LogP contribution in [0.15, 0.2) is 41.8 Å². The lowest BCUT2D eigenvalue weighted by Gasteiger charge is -2.23. The summed E-state index contributed by atoms with van der Waals surface area (Å²) in [5, 5.41) is 5.36. The highest BCUT2D eigenvalue weighted by Gasteiger charge is 2.18. The first-order valence-electron chi connectivity index (χ1n) is 8.89. The van der Waals surface area contributed by atoms with Gasteiger partial charge < -0.3 is 15.0 Å². The fourth-order valence-electron chi connectivity index (χ4n) is 3.03. The molecule has 4 nitrogen and oxygen atoms in total. The van der Waals surface area contributed by atoms with Crippen molar-refractivity contribution < 1.29 is 9.53 Å². The molecule has 1 aliphatic heterocycles. The van der Waals surface area contributed by atoms with E-state index in [9.17, 15) is 4.79 Å². The van der Waals surface area contributed by atoms with Crippen LogP contribution in [0.2, 0.25) is 0 Å². The zero-order valence-corrected chi connectivity index (χ0v) is 15.6. The second-order valence-corrected chi connectivity index (χ2v) is 7.53. The number of carbonyl (C=O) groups is 1. The Kier molecular flexibility index (Phi) is 6.62. The molecule has 0 unspecified atom stereocenters. The third-order valence-corrected chi connectivity index (χ3v) is 5.55. The maximum atomic E-state index is 12.8. The molecule has 1 aliphatic rings. The molecule has 0 aliphatic carbocycles. The van der Waals surface area contributed by atoms with Crippen LogP contribution in [0, 0.1) is 6.92 Å². The zero-order chi connectivity index (χ0) is 17.5. The van der Waals surface area contributed by atoms with Crippen molar-refractivity contribution in [2.45, 2.75) is 39.0 Å². The highest BCUT2D eigenvalue weighted by atomic mass is 32.1. The molecule has 5 heteroatoms. The van der Waals surface area contributed by atoms with Crippen LogP contribution in [0.4, 0.5) is 0 Å². The van der Waals surface area contributed by atoms with Crippen LogP contribution in [0.1, 0.15) is 28.8 Å². The molecule has 0 radical (unpaired) electrons. The van der Waals surface area contributed by atoms with Crippen LogP contribution in [-0.4, -0.2) is 36.6 Å². The van der Waals surface area contributed by atoms with E-state index in [1.807, 2.05) is 23.1 Å². The highest BCUT2D eigenvalue weighted by molar-refractivity contribution is 7.10. The molecule has 2 heterocycles. The second-order valence-electron chi connectivity index (χ2n) is 6.53. The Bertz CT molecular complexity index is 665. The summed E-state index contributed by atoms with van der Waals surface area (Å²) >= 11 is 1.72. The Morgan fingerprint density at radius 1 is 1.28 bits per heavy atom. The van der Waals surface area contributed by atoms with Gasteiger partial charge in [-0.25, -0.2) is 0 Å². The summed E-state index contributed by atoms with van der Waals surface area (Å²) in [5.41, 5.74) is 2.41. The molecule has 1 N–H and O–H groups in total. The van der Waals surface area contributed by atoms with E-state index in [0.29, 0.717) is 19.6 Å². The molecule has 134 valence electrons. The number of benzene rings is 1. The van der Waals surface area contributed by atoms with Gasteiger partial charge >= 0.3 is 0 Å². The van der Waals surface area contributed by atoms with Gasteiger partial charge in [-0.2, -0.15) is 0 Å². The van der Waals surface area contributed by atoms with E-state index >= 15 is 0 Å². The molecule has 1 aromatic heterocycles. The van der Waals surface area contributed by atoms with Gasteiger partial charge in [-0.15, -0.1) is 11.3 Å². The predicted molar refractivity (Wildman–Crippen MR) is 102 cm³/mol. The number of thiophene rings is 1. The molecule has 1 saturated heterocycles. The fraction of sp³-hybridized carbons (Fsp3) is 0.450. The minimum atomic E-state index is 0.134. The summed E-state index contributed by atoms with van der Waals surface area (Å²) in [6.07, 6.45) is 2.47. The maximum Gasteiger partial charge on any atom is 0.237 e. The summed E-state index contributed by atoms with van der Waals surface area (Å²) < 4.78 is 5.61. The number of amides is 1. The van der Waals surface area contributed by atoms with Gasteiger partial charge in [0.15, 0.2) is 0 Å². The minimum Gasteiger partial charge on any atom is -0.377 e. The molecule has 0 bridgehead atoms. The Hall–Kier alpha value is -1.69. The van der Waals surface area contributed by atoms with Gasteiger partial charge in [0, 0.05) is 24.6 Å². The van der Waals surface area contributed by atoms with Gasteiger partial charge in [0.2, 0.25) is 5.91 Å². The quantitative estimate of drug-likeness (QED) is 0.787. The molecule has 1 aromatic carbocycles. The molecule has 0 spiro atoms. The number of aryl methyl sites for hydroxylation is 1. The average molecular weight is 359 g/mol. The molecule has 0 saturated carbocycles. The zero-order valence-electron chi connectivity index (χ0n) is 14.7. The van der Waals surface area contributed by atoms with Gasteiger partial charge in [-0.05, 0) is 42.3 Å². The van der Waals surface area contributed by atoms with Crippen LogP contribution in [0.25, 0.3) is 0 Å². The van der Waals surface area contributed by atoms with Crippen molar-refractivity contribution in [3.63, 3.8) is 0 Å². The summed E-state index contributed by atoms with van der Waals surface area (Å²) in [4.78, 5) is 16.0. The standard InChI is InChI=1S/C20H26N2O2S/c1-16-9-11-25-19(16)15-22(14-17-6-3-2-4-7-17)20(23)13-21-12-18-8-5-10-24-18/h2-4,6-7,9,11,18,21H,5,8,10,12-15H2,1H3/t18-/m1/s1. The normalized spacial score (nSPS) is 16.9. The van der Waals surface area contributed by atoms with Crippen LogP contribution >= 0.6 is 11.3 Å². The molecule has 1 atom stereocenters. The number of rotatable bonds is 8. The van der Waals surface area contributed by atoms with Crippen molar-refractivity contribution in [2.75, 3.05) is 19.7 Å². The van der Waals surface area contributed by atoms with Gasteiger partial charge in [-0.3, -0.25) is 4.79 Å². The molecule has 1 amide bonds. The first kappa shape index (κ1) is 18.1. The molecular weight excluding hydrogens is 332 g/mol. The molecular formula is C20H26N2O2S. The molecule has 2 aromatic rings. The Morgan fingerprint density at radius 2 is 2.12 bits per heavy atom. The molecule has 25 heavy (non-hydrogen) atoms. The largest absolute Gasteiger partial charge is 0.377 e. The second kappa shape index (κ2) is 9.13. The SMILES string of the molecule is Cc1ccsc1CN(Cc1ccccc1)C(=O)CNC[C@H]1CCCO1. The Morgan fingerprint density at radius 3 is 2.80 bits per heavy atom. The highest BCUT2D eigenvalue weighted by Crippen LogP contribution is 2.19.